The molecule has 0 radical (unpaired) electrons. The molecule has 0 fully saturated rings. The van der Waals surface area contributed by atoms with Crippen LogP contribution in [-0.4, -0.2) is 43.6 Å². The molecule has 10 heteroatoms. The molecular weight excluding hydrogens is 388 g/mol. The van der Waals surface area contributed by atoms with Crippen molar-refractivity contribution in [1.82, 2.24) is 5.32 Å². The monoisotopic (exact) mass is 414 g/mol. The van der Waals surface area contributed by atoms with E-state index >= 15 is 0 Å². The van der Waals surface area contributed by atoms with Crippen molar-refractivity contribution in [2.45, 2.75) is 51.5 Å². The van der Waals surface area contributed by atoms with E-state index in [1.54, 1.807) is 0 Å². The second-order valence-corrected chi connectivity index (χ2v) is 10.4. The molecule has 1 aromatic carbocycles. The quantitative estimate of drug-likeness (QED) is 0.412. The van der Waals surface area contributed by atoms with Gasteiger partial charge in [0.15, 0.2) is 16.4 Å². The molecule has 1 rings (SSSR count). The second kappa shape index (κ2) is 8.26. The van der Waals surface area contributed by atoms with Gasteiger partial charge in [0.1, 0.15) is 4.90 Å². The minimum absolute atomic E-state index is 0.0201. The molecule has 156 valence electrons. The Morgan fingerprint density at radius 2 is 1.75 bits per heavy atom. The summed E-state index contributed by atoms with van der Waals surface area (Å²) in [6, 6.07) is 2.89. The molecule has 0 aliphatic rings. The van der Waals surface area contributed by atoms with Crippen molar-refractivity contribution in [3.8, 4) is 0 Å². The smallest absolute Gasteiger partial charge is 0.338 e. The molecule has 0 spiro atoms. The summed E-state index contributed by atoms with van der Waals surface area (Å²) in [6.45, 7) is 9.25. The molecular formula is C18H26N2O7S. The SMILES string of the molecule is CC(C)(C)CC(C)(C)NC(=O)COC(=O)c1ccc(S(C)(=O)=O)c([N+](=O)[O-])c1. The Balaban J connectivity index is 2.85. The first-order chi connectivity index (χ1) is 12.5. The summed E-state index contributed by atoms with van der Waals surface area (Å²) in [4.78, 5) is 33.9. The molecule has 0 saturated carbocycles. The van der Waals surface area contributed by atoms with Gasteiger partial charge in [0, 0.05) is 17.9 Å². The van der Waals surface area contributed by atoms with Gasteiger partial charge in [0.25, 0.3) is 11.6 Å². The van der Waals surface area contributed by atoms with Crippen LogP contribution < -0.4 is 5.32 Å². The van der Waals surface area contributed by atoms with Crippen molar-refractivity contribution < 1.29 is 27.7 Å². The molecule has 0 aromatic heterocycles. The van der Waals surface area contributed by atoms with Gasteiger partial charge in [-0.05, 0) is 37.8 Å². The Kier molecular flexibility index (Phi) is 6.94. The predicted octanol–water partition coefficient (Wildman–Crippen LogP) is 2.49. The van der Waals surface area contributed by atoms with Gasteiger partial charge in [-0.3, -0.25) is 14.9 Å². The van der Waals surface area contributed by atoms with Gasteiger partial charge in [-0.25, -0.2) is 13.2 Å². The summed E-state index contributed by atoms with van der Waals surface area (Å²) in [5, 5.41) is 13.9. The number of nitro groups is 1. The van der Waals surface area contributed by atoms with Gasteiger partial charge in [-0.1, -0.05) is 20.8 Å². The molecule has 0 saturated heterocycles. The number of carbonyl (C=O) groups excluding carboxylic acids is 2. The molecule has 0 unspecified atom stereocenters. The number of hydrogen-bond donors (Lipinski definition) is 1. The highest BCUT2D eigenvalue weighted by atomic mass is 32.2. The van der Waals surface area contributed by atoms with Gasteiger partial charge in [-0.2, -0.15) is 0 Å². The minimum atomic E-state index is -3.84. The van der Waals surface area contributed by atoms with E-state index in [-0.39, 0.29) is 11.0 Å². The van der Waals surface area contributed by atoms with Crippen LogP contribution in [-0.2, 0) is 19.4 Å². The Morgan fingerprint density at radius 3 is 2.21 bits per heavy atom. The third kappa shape index (κ3) is 7.26. The number of esters is 1. The van der Waals surface area contributed by atoms with Crippen molar-refractivity contribution in [1.29, 1.82) is 0 Å². The third-order valence-corrected chi connectivity index (χ3v) is 4.72. The van der Waals surface area contributed by atoms with Gasteiger partial charge < -0.3 is 10.1 Å². The van der Waals surface area contributed by atoms with Crippen LogP contribution in [0.4, 0.5) is 5.69 Å². The van der Waals surface area contributed by atoms with Crippen molar-refractivity contribution in [3.05, 3.63) is 33.9 Å². The van der Waals surface area contributed by atoms with Crippen LogP contribution in [0.15, 0.2) is 23.1 Å². The van der Waals surface area contributed by atoms with E-state index < -0.39 is 49.4 Å². The molecule has 1 aromatic rings. The van der Waals surface area contributed by atoms with Crippen molar-refractivity contribution in [3.63, 3.8) is 0 Å². The van der Waals surface area contributed by atoms with E-state index in [9.17, 15) is 28.1 Å². The molecule has 1 amide bonds. The maximum Gasteiger partial charge on any atom is 0.338 e. The number of nitrogens with zero attached hydrogens (tertiary/aromatic N) is 1. The summed E-state index contributed by atoms with van der Waals surface area (Å²) in [5.74, 6) is -1.48. The molecule has 0 bridgehead atoms. The van der Waals surface area contributed by atoms with Crippen LogP contribution in [0.1, 0.15) is 51.4 Å². The highest BCUT2D eigenvalue weighted by molar-refractivity contribution is 7.90. The highest BCUT2D eigenvalue weighted by Crippen LogP contribution is 2.27. The molecule has 1 N–H and O–H groups in total. The largest absolute Gasteiger partial charge is 0.452 e. The van der Waals surface area contributed by atoms with Crippen LogP contribution in [0.25, 0.3) is 0 Å². The summed E-state index contributed by atoms with van der Waals surface area (Å²) in [7, 11) is -3.84. The lowest BCUT2D eigenvalue weighted by molar-refractivity contribution is -0.387. The standard InChI is InChI=1S/C18H26N2O7S/c1-17(2,3)11-18(4,5)19-15(21)10-27-16(22)12-7-8-14(28(6,25)26)13(9-12)20(23)24/h7-9H,10-11H2,1-6H3,(H,19,21). The molecule has 0 aliphatic heterocycles. The Bertz CT molecular complexity index is 884. The molecule has 0 atom stereocenters. The molecule has 0 aliphatic carbocycles. The summed E-state index contributed by atoms with van der Waals surface area (Å²) in [5.41, 5.74) is -1.49. The van der Waals surface area contributed by atoms with Gasteiger partial charge in [-0.15, -0.1) is 0 Å². The average molecular weight is 414 g/mol. The molecule has 0 heterocycles. The normalized spacial score (nSPS) is 12.4. The first-order valence-corrected chi connectivity index (χ1v) is 10.4. The number of benzene rings is 1. The van der Waals surface area contributed by atoms with Crippen molar-refractivity contribution in [2.75, 3.05) is 12.9 Å². The number of hydrogen-bond acceptors (Lipinski definition) is 7. The maximum atomic E-state index is 12.1. The van der Waals surface area contributed by atoms with E-state index in [2.05, 4.69) is 5.32 Å². The Labute approximate surface area is 164 Å². The minimum Gasteiger partial charge on any atom is -0.452 e. The maximum absolute atomic E-state index is 12.1. The lowest BCUT2D eigenvalue weighted by Crippen LogP contribution is -2.47. The fraction of sp³-hybridized carbons (Fsp3) is 0.556. The van der Waals surface area contributed by atoms with Crippen LogP contribution in [0, 0.1) is 15.5 Å². The average Bonchev–Trinajstić information content (AvgIpc) is 2.48. The number of sulfone groups is 1. The number of nitro benzene ring substituents is 1. The van der Waals surface area contributed by atoms with Crippen molar-refractivity contribution >= 4 is 27.4 Å². The van der Waals surface area contributed by atoms with Crippen LogP contribution >= 0.6 is 0 Å². The lowest BCUT2D eigenvalue weighted by Gasteiger charge is -2.33. The van der Waals surface area contributed by atoms with Gasteiger partial charge in [0.05, 0.1) is 10.5 Å². The van der Waals surface area contributed by atoms with Gasteiger partial charge >= 0.3 is 5.97 Å². The number of nitrogens with one attached hydrogen (secondary N) is 1. The zero-order valence-corrected chi connectivity index (χ0v) is 17.7. The zero-order valence-electron chi connectivity index (χ0n) is 16.9. The van der Waals surface area contributed by atoms with Gasteiger partial charge in [0.2, 0.25) is 0 Å². The van der Waals surface area contributed by atoms with E-state index in [0.717, 1.165) is 24.5 Å². The third-order valence-electron chi connectivity index (χ3n) is 3.58. The highest BCUT2D eigenvalue weighted by Gasteiger charge is 2.28. The topological polar surface area (TPSA) is 133 Å². The molecule has 9 nitrogen and oxygen atoms in total. The second-order valence-electron chi connectivity index (χ2n) is 8.46. The van der Waals surface area contributed by atoms with E-state index in [0.29, 0.717) is 6.42 Å². The first-order valence-electron chi connectivity index (χ1n) is 8.48. The molecule has 28 heavy (non-hydrogen) atoms. The van der Waals surface area contributed by atoms with Crippen LogP contribution in [0.5, 0.6) is 0 Å². The Hall–Kier alpha value is -2.49. The number of rotatable bonds is 7. The lowest BCUT2D eigenvalue weighted by atomic mass is 9.82. The fourth-order valence-corrected chi connectivity index (χ4v) is 3.93. The Morgan fingerprint density at radius 1 is 1.18 bits per heavy atom. The number of amides is 1. The summed E-state index contributed by atoms with van der Waals surface area (Å²) >= 11 is 0. The summed E-state index contributed by atoms with van der Waals surface area (Å²) in [6.07, 6.45) is 1.52. The zero-order chi connectivity index (χ0) is 21.9. The van der Waals surface area contributed by atoms with Crippen LogP contribution in [0.2, 0.25) is 0 Å². The van der Waals surface area contributed by atoms with E-state index in [1.165, 1.54) is 0 Å². The predicted molar refractivity (Wildman–Crippen MR) is 103 cm³/mol. The van der Waals surface area contributed by atoms with E-state index in [1.807, 2.05) is 34.6 Å². The van der Waals surface area contributed by atoms with Crippen LogP contribution in [0.3, 0.4) is 0 Å². The fourth-order valence-electron chi connectivity index (χ4n) is 3.10. The number of carbonyl (C=O) groups is 2. The van der Waals surface area contributed by atoms with Crippen molar-refractivity contribution in [2.24, 2.45) is 5.41 Å². The van der Waals surface area contributed by atoms with E-state index in [4.69, 9.17) is 4.74 Å². The summed E-state index contributed by atoms with van der Waals surface area (Å²) < 4.78 is 28.1. The first kappa shape index (κ1) is 23.5. The number of ether oxygens (including phenoxy) is 1.